The number of hydrogen-bond donors (Lipinski definition) is 2. The van der Waals surface area contributed by atoms with E-state index in [9.17, 15) is 18.0 Å². The molecule has 3 aromatic rings. The first-order valence-electron chi connectivity index (χ1n) is 11.5. The maximum atomic E-state index is 13.4. The number of carbonyl (C=O) groups is 2. The Morgan fingerprint density at radius 1 is 1.05 bits per heavy atom. The van der Waals surface area contributed by atoms with Gasteiger partial charge in [-0.1, -0.05) is 48.0 Å². The number of likely N-dealkylation sites (N-methyl/N-ethyl adjacent to an activating group) is 1. The molecular weight excluding hydrogens is 516 g/mol. The largest absolute Gasteiger partial charge is 0.497 e. The monoisotopic (exact) mass is 542 g/mol. The van der Waals surface area contributed by atoms with E-state index in [4.69, 9.17) is 16.3 Å². The van der Waals surface area contributed by atoms with Crippen LogP contribution < -0.4 is 24.0 Å². The molecule has 1 heterocycles. The fraction of sp³-hybridized carbons (Fsp3) is 0.231. The summed E-state index contributed by atoms with van der Waals surface area (Å²) in [5.74, 6) is 0.220. The van der Waals surface area contributed by atoms with Crippen LogP contribution in [0.3, 0.4) is 0 Å². The van der Waals surface area contributed by atoms with Gasteiger partial charge in [-0.3, -0.25) is 9.10 Å². The lowest BCUT2D eigenvalue weighted by atomic mass is 10.0. The van der Waals surface area contributed by atoms with E-state index in [-0.39, 0.29) is 13.0 Å². The summed E-state index contributed by atoms with van der Waals surface area (Å²) in [7, 11) is -1.11. The maximum absolute atomic E-state index is 13.4. The van der Waals surface area contributed by atoms with Gasteiger partial charge >= 0.3 is 16.2 Å². The summed E-state index contributed by atoms with van der Waals surface area (Å²) in [6.45, 7) is 0.147. The van der Waals surface area contributed by atoms with Crippen LogP contribution in [0.1, 0.15) is 11.1 Å². The van der Waals surface area contributed by atoms with Gasteiger partial charge in [-0.05, 0) is 53.9 Å². The number of anilines is 2. The molecule has 0 bridgehead atoms. The normalized spacial score (nSPS) is 13.4. The molecular formula is C26H27ClN4O5S. The van der Waals surface area contributed by atoms with Crippen molar-refractivity contribution in [3.63, 3.8) is 0 Å². The molecule has 0 aliphatic carbocycles. The van der Waals surface area contributed by atoms with Gasteiger partial charge in [0, 0.05) is 30.7 Å². The second-order valence-electron chi connectivity index (χ2n) is 8.48. The van der Waals surface area contributed by atoms with Crippen LogP contribution in [0.15, 0.2) is 72.8 Å². The molecule has 1 atom stereocenters. The van der Waals surface area contributed by atoms with Crippen molar-refractivity contribution in [2.24, 2.45) is 0 Å². The lowest BCUT2D eigenvalue weighted by Gasteiger charge is -2.26. The van der Waals surface area contributed by atoms with Crippen LogP contribution in [-0.4, -0.2) is 47.1 Å². The Labute approximate surface area is 221 Å². The van der Waals surface area contributed by atoms with Gasteiger partial charge in [-0.25, -0.2) is 9.52 Å². The van der Waals surface area contributed by atoms with Gasteiger partial charge in [0.1, 0.15) is 11.8 Å². The molecule has 1 aliphatic heterocycles. The molecule has 2 N–H and O–H groups in total. The molecule has 4 rings (SSSR count). The predicted octanol–water partition coefficient (Wildman–Crippen LogP) is 3.53. The maximum Gasteiger partial charge on any atom is 0.330 e. The minimum Gasteiger partial charge on any atom is -0.497 e. The topological polar surface area (TPSA) is 108 Å². The Kier molecular flexibility index (Phi) is 7.89. The third kappa shape index (κ3) is 5.98. The summed E-state index contributed by atoms with van der Waals surface area (Å²) in [5.41, 5.74) is 2.51. The van der Waals surface area contributed by atoms with Crippen LogP contribution >= 0.6 is 11.6 Å². The van der Waals surface area contributed by atoms with Crippen LogP contribution in [-0.2, 0) is 27.8 Å². The van der Waals surface area contributed by atoms with E-state index >= 15 is 0 Å². The molecule has 3 aromatic carbocycles. The van der Waals surface area contributed by atoms with Crippen LogP contribution in [0.25, 0.3) is 0 Å². The SMILES string of the molecule is COc1ccc(N(C)C(=O)[C@H](Cc2ccccc2)NC(=O)NS(=O)(=O)N2CCc3c(Cl)cccc32)cc1. The fourth-order valence-electron chi connectivity index (χ4n) is 4.19. The third-order valence-corrected chi connectivity index (χ3v) is 7.87. The summed E-state index contributed by atoms with van der Waals surface area (Å²) < 4.78 is 34.4. The fourth-order valence-corrected chi connectivity index (χ4v) is 5.62. The number of ether oxygens (including phenoxy) is 1. The highest BCUT2D eigenvalue weighted by Gasteiger charge is 2.33. The first kappa shape index (κ1) is 26.3. The van der Waals surface area contributed by atoms with Crippen LogP contribution in [0.2, 0.25) is 5.02 Å². The number of urea groups is 1. The standard InChI is InChI=1S/C26H27ClN4O5S/c1-30(19-11-13-20(36-2)14-12-19)25(32)23(17-18-7-4-3-5-8-18)28-26(33)29-37(34,35)31-16-15-21-22(27)9-6-10-24(21)31/h3-14,23H,15-17H2,1-2H3,(H2,28,29,33)/t23-/m0/s1. The van der Waals surface area contributed by atoms with Crippen molar-refractivity contribution in [2.75, 3.05) is 29.9 Å². The Balaban J connectivity index is 1.52. The molecule has 9 nitrogen and oxygen atoms in total. The number of methoxy groups -OCH3 is 1. The number of rotatable bonds is 8. The van der Waals surface area contributed by atoms with E-state index in [0.29, 0.717) is 34.1 Å². The van der Waals surface area contributed by atoms with E-state index in [2.05, 4.69) is 5.32 Å². The molecule has 0 unspecified atom stereocenters. The number of amides is 3. The number of halogens is 1. The van der Waals surface area contributed by atoms with Gasteiger partial charge in [-0.15, -0.1) is 0 Å². The average Bonchev–Trinajstić information content (AvgIpc) is 3.34. The smallest absolute Gasteiger partial charge is 0.330 e. The zero-order valence-electron chi connectivity index (χ0n) is 20.3. The zero-order valence-corrected chi connectivity index (χ0v) is 21.9. The number of fused-ring (bicyclic) bond motifs is 1. The van der Waals surface area contributed by atoms with Crippen LogP contribution in [0, 0.1) is 0 Å². The van der Waals surface area contributed by atoms with Gasteiger partial charge in [0.2, 0.25) is 5.91 Å². The molecule has 0 fully saturated rings. The van der Waals surface area contributed by atoms with Gasteiger partial charge < -0.3 is 15.0 Å². The number of carbonyl (C=O) groups excluding carboxylic acids is 2. The highest BCUT2D eigenvalue weighted by molar-refractivity contribution is 7.91. The summed E-state index contributed by atoms with van der Waals surface area (Å²) in [6, 6.07) is 19.0. The lowest BCUT2D eigenvalue weighted by Crippen LogP contribution is -2.54. The summed E-state index contributed by atoms with van der Waals surface area (Å²) in [6.07, 6.45) is 0.592. The van der Waals surface area contributed by atoms with Crippen LogP contribution in [0.5, 0.6) is 5.75 Å². The molecule has 0 radical (unpaired) electrons. The third-order valence-electron chi connectivity index (χ3n) is 6.12. The molecule has 37 heavy (non-hydrogen) atoms. The summed E-state index contributed by atoms with van der Waals surface area (Å²) in [5, 5.41) is 3.02. The van der Waals surface area contributed by atoms with Gasteiger partial charge in [-0.2, -0.15) is 8.42 Å². The molecule has 3 amide bonds. The highest BCUT2D eigenvalue weighted by atomic mass is 35.5. The number of nitrogens with zero attached hydrogens (tertiary/aromatic N) is 2. The number of hydrogen-bond acceptors (Lipinski definition) is 5. The first-order valence-corrected chi connectivity index (χ1v) is 13.4. The van der Waals surface area contributed by atoms with Crippen molar-refractivity contribution in [3.05, 3.63) is 88.9 Å². The van der Waals surface area contributed by atoms with Crippen molar-refractivity contribution >= 4 is 45.1 Å². The van der Waals surface area contributed by atoms with E-state index < -0.39 is 28.2 Å². The molecule has 0 saturated heterocycles. The van der Waals surface area contributed by atoms with Gasteiger partial charge in [0.05, 0.1) is 12.8 Å². The quantitative estimate of drug-likeness (QED) is 0.453. The van der Waals surface area contributed by atoms with E-state index in [1.54, 1.807) is 56.6 Å². The van der Waals surface area contributed by atoms with Crippen molar-refractivity contribution < 1.29 is 22.7 Å². The predicted molar refractivity (Wildman–Crippen MR) is 143 cm³/mol. The first-order chi connectivity index (χ1) is 17.7. The zero-order chi connectivity index (χ0) is 26.6. The molecule has 0 saturated carbocycles. The van der Waals surface area contributed by atoms with Crippen molar-refractivity contribution in [3.8, 4) is 5.75 Å². The summed E-state index contributed by atoms with van der Waals surface area (Å²) in [4.78, 5) is 27.7. The highest BCUT2D eigenvalue weighted by Crippen LogP contribution is 2.34. The Hall–Kier alpha value is -3.76. The molecule has 0 aromatic heterocycles. The second kappa shape index (κ2) is 11.1. The van der Waals surface area contributed by atoms with Crippen molar-refractivity contribution in [1.29, 1.82) is 0 Å². The van der Waals surface area contributed by atoms with E-state index in [0.717, 1.165) is 9.87 Å². The molecule has 11 heteroatoms. The van der Waals surface area contributed by atoms with Gasteiger partial charge in [0.15, 0.2) is 0 Å². The van der Waals surface area contributed by atoms with E-state index in [1.165, 1.54) is 4.90 Å². The lowest BCUT2D eigenvalue weighted by molar-refractivity contribution is -0.120. The van der Waals surface area contributed by atoms with Crippen LogP contribution in [0.4, 0.5) is 16.2 Å². The molecule has 194 valence electrons. The molecule has 0 spiro atoms. The average molecular weight is 543 g/mol. The minimum absolute atomic E-state index is 0.147. The minimum atomic E-state index is -4.24. The second-order valence-corrected chi connectivity index (χ2v) is 10.5. The summed E-state index contributed by atoms with van der Waals surface area (Å²) >= 11 is 6.20. The van der Waals surface area contributed by atoms with Crippen molar-refractivity contribution in [2.45, 2.75) is 18.9 Å². The Morgan fingerprint density at radius 2 is 1.76 bits per heavy atom. The molecule has 1 aliphatic rings. The van der Waals surface area contributed by atoms with Gasteiger partial charge in [0.25, 0.3) is 0 Å². The number of benzene rings is 3. The number of nitrogens with one attached hydrogen (secondary N) is 2. The Bertz CT molecular complexity index is 1380. The Morgan fingerprint density at radius 3 is 2.43 bits per heavy atom. The van der Waals surface area contributed by atoms with E-state index in [1.807, 2.05) is 35.1 Å². The van der Waals surface area contributed by atoms with Crippen molar-refractivity contribution in [1.82, 2.24) is 10.0 Å².